The first-order chi connectivity index (χ1) is 4.26. The van der Waals surface area contributed by atoms with Crippen LogP contribution in [-0.4, -0.2) is 13.0 Å². The highest BCUT2D eigenvalue weighted by molar-refractivity contribution is 5.92. The predicted octanol–water partition coefficient (Wildman–Crippen LogP) is 0.996. The lowest BCUT2D eigenvalue weighted by molar-refractivity contribution is -0.117. The van der Waals surface area contributed by atoms with Crippen LogP contribution in [0.3, 0.4) is 0 Å². The molecule has 0 atom stereocenters. The molecule has 9 heavy (non-hydrogen) atoms. The van der Waals surface area contributed by atoms with E-state index >= 15 is 0 Å². The van der Waals surface area contributed by atoms with Crippen molar-refractivity contribution in [3.05, 3.63) is 11.9 Å². The maximum Gasteiger partial charge on any atom is 0.249 e. The smallest absolute Gasteiger partial charge is 0.249 e. The summed E-state index contributed by atoms with van der Waals surface area (Å²) in [5, 5.41) is 2.32. The Kier molecular flexibility index (Phi) is 3.67. The second-order valence-corrected chi connectivity index (χ2v) is 1.57. The fourth-order valence-corrected chi connectivity index (χ4v) is 0.448. The first kappa shape index (κ1) is 8.14. The molecule has 0 bridgehead atoms. The van der Waals surface area contributed by atoms with Gasteiger partial charge < -0.3 is 5.32 Å². The molecular formula is C6H10FNO. The Morgan fingerprint density at radius 1 is 1.78 bits per heavy atom. The molecule has 0 fully saturated rings. The molecule has 1 amide bonds. The molecule has 0 rings (SSSR count). The summed E-state index contributed by atoms with van der Waals surface area (Å²) in [7, 11) is 1.47. The maximum absolute atomic E-state index is 11.7. The number of carbonyl (C=O) groups is 1. The van der Waals surface area contributed by atoms with Crippen LogP contribution in [0, 0.1) is 0 Å². The summed E-state index contributed by atoms with van der Waals surface area (Å²) in [6.07, 6.45) is 0.759. The Labute approximate surface area is 53.8 Å². The van der Waals surface area contributed by atoms with E-state index < -0.39 is 0 Å². The van der Waals surface area contributed by atoms with Crippen molar-refractivity contribution in [2.45, 2.75) is 13.3 Å². The second-order valence-electron chi connectivity index (χ2n) is 1.57. The van der Waals surface area contributed by atoms with Crippen LogP contribution in [0.15, 0.2) is 11.9 Å². The van der Waals surface area contributed by atoms with Crippen molar-refractivity contribution < 1.29 is 9.18 Å². The van der Waals surface area contributed by atoms with Gasteiger partial charge in [-0.2, -0.15) is 0 Å². The molecule has 1 N–H and O–H groups in total. The van der Waals surface area contributed by atoms with E-state index in [1.54, 1.807) is 6.92 Å². The SMILES string of the molecule is CC/C(=C\F)C(=O)NC. The maximum atomic E-state index is 11.7. The van der Waals surface area contributed by atoms with Gasteiger partial charge in [0.15, 0.2) is 0 Å². The predicted molar refractivity (Wildman–Crippen MR) is 33.5 cm³/mol. The van der Waals surface area contributed by atoms with Gasteiger partial charge >= 0.3 is 0 Å². The third-order valence-electron chi connectivity index (χ3n) is 1.03. The van der Waals surface area contributed by atoms with E-state index in [1.165, 1.54) is 7.05 Å². The Balaban J connectivity index is 3.97. The van der Waals surface area contributed by atoms with Gasteiger partial charge in [-0.3, -0.25) is 4.79 Å². The molecule has 52 valence electrons. The lowest BCUT2D eigenvalue weighted by Crippen LogP contribution is -2.19. The molecule has 0 aromatic rings. The van der Waals surface area contributed by atoms with Gasteiger partial charge in [0.25, 0.3) is 0 Å². The zero-order chi connectivity index (χ0) is 7.28. The number of amides is 1. The molecular weight excluding hydrogens is 121 g/mol. The summed E-state index contributed by atoms with van der Waals surface area (Å²) in [6, 6.07) is 0. The third kappa shape index (κ3) is 2.26. The van der Waals surface area contributed by atoms with Crippen molar-refractivity contribution in [2.24, 2.45) is 0 Å². The van der Waals surface area contributed by atoms with Crippen molar-refractivity contribution >= 4 is 5.91 Å². The lowest BCUT2D eigenvalue weighted by atomic mass is 10.2. The second kappa shape index (κ2) is 4.06. The van der Waals surface area contributed by atoms with Gasteiger partial charge in [0.05, 0.1) is 6.33 Å². The van der Waals surface area contributed by atoms with Crippen LogP contribution < -0.4 is 5.32 Å². The fraction of sp³-hybridized carbons (Fsp3) is 0.500. The van der Waals surface area contributed by atoms with Gasteiger partial charge in [0.1, 0.15) is 0 Å². The molecule has 0 unspecified atom stereocenters. The van der Waals surface area contributed by atoms with E-state index in [2.05, 4.69) is 5.32 Å². The minimum absolute atomic E-state index is 0.178. The van der Waals surface area contributed by atoms with Crippen LogP contribution in [0.5, 0.6) is 0 Å². The molecule has 0 aliphatic rings. The molecule has 0 saturated carbocycles. The summed E-state index contributed by atoms with van der Waals surface area (Å²) in [5.74, 6) is -0.347. The van der Waals surface area contributed by atoms with Crippen LogP contribution in [0.1, 0.15) is 13.3 Å². The van der Waals surface area contributed by atoms with Crippen molar-refractivity contribution in [1.82, 2.24) is 5.32 Å². The summed E-state index contributed by atoms with van der Waals surface area (Å²) >= 11 is 0. The number of halogens is 1. The molecule has 2 nitrogen and oxygen atoms in total. The van der Waals surface area contributed by atoms with Crippen molar-refractivity contribution in [3.63, 3.8) is 0 Å². The Hall–Kier alpha value is -0.860. The van der Waals surface area contributed by atoms with E-state index in [0.717, 1.165) is 0 Å². The number of carbonyl (C=O) groups excluding carboxylic acids is 1. The number of rotatable bonds is 2. The van der Waals surface area contributed by atoms with Crippen LogP contribution >= 0.6 is 0 Å². The number of nitrogens with one attached hydrogen (secondary N) is 1. The summed E-state index contributed by atoms with van der Waals surface area (Å²) < 4.78 is 11.7. The Bertz CT molecular complexity index is 131. The van der Waals surface area contributed by atoms with E-state index in [9.17, 15) is 9.18 Å². The minimum Gasteiger partial charge on any atom is -0.355 e. The molecule has 0 spiro atoms. The first-order valence-corrected chi connectivity index (χ1v) is 2.77. The van der Waals surface area contributed by atoms with Crippen LogP contribution in [0.2, 0.25) is 0 Å². The van der Waals surface area contributed by atoms with E-state index in [4.69, 9.17) is 0 Å². The molecule has 0 aliphatic heterocycles. The largest absolute Gasteiger partial charge is 0.355 e. The Morgan fingerprint density at radius 3 is 2.44 bits per heavy atom. The van der Waals surface area contributed by atoms with Crippen LogP contribution in [-0.2, 0) is 4.79 Å². The summed E-state index contributed by atoms with van der Waals surface area (Å²) in [6.45, 7) is 1.72. The first-order valence-electron chi connectivity index (χ1n) is 2.77. The zero-order valence-corrected chi connectivity index (χ0v) is 5.57. The standard InChI is InChI=1S/C6H10FNO/c1-3-5(4-7)6(9)8-2/h4H,3H2,1-2H3,(H,8,9)/b5-4+. The highest BCUT2D eigenvalue weighted by atomic mass is 19.1. The summed E-state index contributed by atoms with van der Waals surface area (Å²) in [5.41, 5.74) is 0.178. The number of hydrogen-bond acceptors (Lipinski definition) is 1. The molecule has 0 aliphatic carbocycles. The monoisotopic (exact) mass is 131 g/mol. The molecule has 0 aromatic carbocycles. The van der Waals surface area contributed by atoms with Gasteiger partial charge in [0, 0.05) is 12.6 Å². The van der Waals surface area contributed by atoms with Gasteiger partial charge in [0.2, 0.25) is 5.91 Å². The van der Waals surface area contributed by atoms with Crippen molar-refractivity contribution in [1.29, 1.82) is 0 Å². The molecule has 3 heteroatoms. The molecule has 0 radical (unpaired) electrons. The molecule has 0 saturated heterocycles. The average Bonchev–Trinajstić information content (AvgIpc) is 1.90. The highest BCUT2D eigenvalue weighted by Crippen LogP contribution is 1.99. The highest BCUT2D eigenvalue weighted by Gasteiger charge is 2.02. The molecule has 0 heterocycles. The fourth-order valence-electron chi connectivity index (χ4n) is 0.448. The van der Waals surface area contributed by atoms with E-state index in [1.807, 2.05) is 0 Å². The number of likely N-dealkylation sites (N-methyl/N-ethyl adjacent to an activating group) is 1. The van der Waals surface area contributed by atoms with Crippen molar-refractivity contribution in [2.75, 3.05) is 7.05 Å². The van der Waals surface area contributed by atoms with Crippen molar-refractivity contribution in [3.8, 4) is 0 Å². The van der Waals surface area contributed by atoms with E-state index in [0.29, 0.717) is 12.8 Å². The minimum atomic E-state index is -0.347. The normalized spacial score (nSPS) is 11.2. The quantitative estimate of drug-likeness (QED) is 0.556. The van der Waals surface area contributed by atoms with E-state index in [-0.39, 0.29) is 11.5 Å². The van der Waals surface area contributed by atoms with Crippen LogP contribution in [0.25, 0.3) is 0 Å². The zero-order valence-electron chi connectivity index (χ0n) is 5.57. The Morgan fingerprint density at radius 2 is 2.33 bits per heavy atom. The van der Waals surface area contributed by atoms with Gasteiger partial charge in [-0.25, -0.2) is 4.39 Å². The average molecular weight is 131 g/mol. The lowest BCUT2D eigenvalue weighted by Gasteiger charge is -1.97. The van der Waals surface area contributed by atoms with Crippen LogP contribution in [0.4, 0.5) is 4.39 Å². The third-order valence-corrected chi connectivity index (χ3v) is 1.03. The molecule has 0 aromatic heterocycles. The van der Waals surface area contributed by atoms with Gasteiger partial charge in [-0.1, -0.05) is 6.92 Å². The number of hydrogen-bond donors (Lipinski definition) is 1. The van der Waals surface area contributed by atoms with Gasteiger partial charge in [-0.15, -0.1) is 0 Å². The summed E-state index contributed by atoms with van der Waals surface area (Å²) in [4.78, 5) is 10.6. The topological polar surface area (TPSA) is 29.1 Å². The van der Waals surface area contributed by atoms with Gasteiger partial charge in [-0.05, 0) is 6.42 Å².